The Morgan fingerprint density at radius 2 is 1.90 bits per heavy atom. The lowest BCUT2D eigenvalue weighted by molar-refractivity contribution is -0.139. The summed E-state index contributed by atoms with van der Waals surface area (Å²) in [6, 6.07) is 8.54. The molecule has 1 saturated carbocycles. The molecule has 4 nitrogen and oxygen atoms in total. The number of ether oxygens (including phenoxy) is 2. The van der Waals surface area contributed by atoms with E-state index in [4.69, 9.17) is 9.47 Å². The number of benzene rings is 1. The van der Waals surface area contributed by atoms with Crippen LogP contribution in [0.4, 0.5) is 0 Å². The molecule has 29 heavy (non-hydrogen) atoms. The van der Waals surface area contributed by atoms with Crippen LogP contribution in [0.1, 0.15) is 75.3 Å². The van der Waals surface area contributed by atoms with Gasteiger partial charge in [-0.2, -0.15) is 0 Å². The standard InChI is InChI=1S/C25H32O4/c1-18-6-11-21(12-7-18)22-13-8-20(9-14-22)10-15-24(26)28-16-4-3-5-23-17-19(2)25(27)29-23/h8-10,13-15,18,21,23H,2-7,11-12,16-17H2,1H3/b15-10+. The SMILES string of the molecule is C=C1CC(CCCCOC(=O)/C=C/c2ccc(C3CCC(C)CC3)cc2)OC1=O. The Kier molecular flexibility index (Phi) is 7.68. The second kappa shape index (κ2) is 10.4. The van der Waals surface area contributed by atoms with Crippen molar-refractivity contribution in [3.05, 3.63) is 53.6 Å². The van der Waals surface area contributed by atoms with Crippen LogP contribution in [0.2, 0.25) is 0 Å². The van der Waals surface area contributed by atoms with Crippen molar-refractivity contribution in [1.29, 1.82) is 0 Å². The normalized spacial score (nSPS) is 24.7. The first kappa shape index (κ1) is 21.4. The molecule has 1 aromatic carbocycles. The Morgan fingerprint density at radius 3 is 2.55 bits per heavy atom. The molecule has 156 valence electrons. The van der Waals surface area contributed by atoms with Crippen LogP contribution >= 0.6 is 0 Å². The number of carbonyl (C=O) groups excluding carboxylic acids is 2. The van der Waals surface area contributed by atoms with Gasteiger partial charge in [-0.1, -0.05) is 50.6 Å². The largest absolute Gasteiger partial charge is 0.463 e. The van der Waals surface area contributed by atoms with Crippen molar-refractivity contribution < 1.29 is 19.1 Å². The van der Waals surface area contributed by atoms with Gasteiger partial charge < -0.3 is 9.47 Å². The molecule has 0 aromatic heterocycles. The van der Waals surface area contributed by atoms with Crippen LogP contribution in [0, 0.1) is 5.92 Å². The van der Waals surface area contributed by atoms with E-state index in [0.717, 1.165) is 30.7 Å². The molecule has 2 aliphatic rings. The van der Waals surface area contributed by atoms with Gasteiger partial charge in [0, 0.05) is 18.1 Å². The molecule has 4 heteroatoms. The number of rotatable bonds is 8. The van der Waals surface area contributed by atoms with Crippen LogP contribution in [-0.4, -0.2) is 24.6 Å². The first-order chi connectivity index (χ1) is 14.0. The number of hydrogen-bond acceptors (Lipinski definition) is 4. The van der Waals surface area contributed by atoms with E-state index in [1.165, 1.54) is 37.3 Å². The van der Waals surface area contributed by atoms with Crippen molar-refractivity contribution in [2.24, 2.45) is 5.92 Å². The minimum Gasteiger partial charge on any atom is -0.463 e. The van der Waals surface area contributed by atoms with Crippen LogP contribution in [-0.2, 0) is 19.1 Å². The number of carbonyl (C=O) groups is 2. The summed E-state index contributed by atoms with van der Waals surface area (Å²) in [6.07, 6.45) is 11.4. The third kappa shape index (κ3) is 6.59. The maximum absolute atomic E-state index is 11.9. The quantitative estimate of drug-likeness (QED) is 0.327. The zero-order valence-corrected chi connectivity index (χ0v) is 17.4. The van der Waals surface area contributed by atoms with Crippen LogP contribution in [0.3, 0.4) is 0 Å². The maximum atomic E-state index is 11.9. The first-order valence-corrected chi connectivity index (χ1v) is 10.8. The fourth-order valence-electron chi connectivity index (χ4n) is 4.13. The van der Waals surface area contributed by atoms with Crippen LogP contribution < -0.4 is 0 Å². The molecule has 1 saturated heterocycles. The predicted molar refractivity (Wildman–Crippen MR) is 114 cm³/mol. The summed E-state index contributed by atoms with van der Waals surface area (Å²) in [4.78, 5) is 23.1. The summed E-state index contributed by atoms with van der Waals surface area (Å²) in [6.45, 7) is 6.40. The van der Waals surface area contributed by atoms with Crippen molar-refractivity contribution in [2.45, 2.75) is 70.3 Å². The van der Waals surface area contributed by atoms with Crippen molar-refractivity contribution in [3.63, 3.8) is 0 Å². The zero-order chi connectivity index (χ0) is 20.6. The lowest BCUT2D eigenvalue weighted by atomic mass is 9.79. The van der Waals surface area contributed by atoms with Gasteiger partial charge in [-0.05, 0) is 61.1 Å². The van der Waals surface area contributed by atoms with E-state index in [0.29, 0.717) is 24.5 Å². The summed E-state index contributed by atoms with van der Waals surface area (Å²) < 4.78 is 10.4. The lowest BCUT2D eigenvalue weighted by Gasteiger charge is -2.26. The summed E-state index contributed by atoms with van der Waals surface area (Å²) in [5.74, 6) is 0.934. The van der Waals surface area contributed by atoms with Gasteiger partial charge in [-0.3, -0.25) is 0 Å². The minimum atomic E-state index is -0.323. The summed E-state index contributed by atoms with van der Waals surface area (Å²) in [7, 11) is 0. The average Bonchev–Trinajstić information content (AvgIpc) is 3.04. The summed E-state index contributed by atoms with van der Waals surface area (Å²) in [5.41, 5.74) is 2.97. The first-order valence-electron chi connectivity index (χ1n) is 10.8. The second-order valence-electron chi connectivity index (χ2n) is 8.46. The highest BCUT2D eigenvalue weighted by Gasteiger charge is 2.26. The molecule has 0 bridgehead atoms. The highest BCUT2D eigenvalue weighted by molar-refractivity contribution is 5.89. The predicted octanol–water partition coefficient (Wildman–Crippen LogP) is 5.58. The minimum absolute atomic E-state index is 0.0643. The molecule has 0 amide bonds. The van der Waals surface area contributed by atoms with Crippen LogP contribution in [0.5, 0.6) is 0 Å². The van der Waals surface area contributed by atoms with E-state index in [1.54, 1.807) is 6.08 Å². The van der Waals surface area contributed by atoms with E-state index < -0.39 is 0 Å². The fraction of sp³-hybridized carbons (Fsp3) is 0.520. The van der Waals surface area contributed by atoms with E-state index in [9.17, 15) is 9.59 Å². The van der Waals surface area contributed by atoms with Gasteiger partial charge in [-0.15, -0.1) is 0 Å². The van der Waals surface area contributed by atoms with Crippen LogP contribution in [0.15, 0.2) is 42.5 Å². The molecule has 1 atom stereocenters. The highest BCUT2D eigenvalue weighted by atomic mass is 16.5. The smallest absolute Gasteiger partial charge is 0.333 e. The highest BCUT2D eigenvalue weighted by Crippen LogP contribution is 2.35. The van der Waals surface area contributed by atoms with E-state index in [2.05, 4.69) is 37.8 Å². The molecule has 0 radical (unpaired) electrons. The van der Waals surface area contributed by atoms with Crippen molar-refractivity contribution >= 4 is 18.0 Å². The summed E-state index contributed by atoms with van der Waals surface area (Å²) in [5, 5.41) is 0. The molecule has 1 aromatic rings. The van der Waals surface area contributed by atoms with E-state index in [-0.39, 0.29) is 18.0 Å². The van der Waals surface area contributed by atoms with Gasteiger partial charge in [0.1, 0.15) is 6.10 Å². The Hall–Kier alpha value is -2.36. The van der Waals surface area contributed by atoms with Gasteiger partial charge in [0.2, 0.25) is 0 Å². The maximum Gasteiger partial charge on any atom is 0.333 e. The van der Waals surface area contributed by atoms with Crippen molar-refractivity contribution in [1.82, 2.24) is 0 Å². The molecule has 0 N–H and O–H groups in total. The van der Waals surface area contributed by atoms with Gasteiger partial charge >= 0.3 is 11.9 Å². The average molecular weight is 397 g/mol. The molecule has 0 spiro atoms. The Balaban J connectivity index is 1.32. The fourth-order valence-corrected chi connectivity index (χ4v) is 4.13. The second-order valence-corrected chi connectivity index (χ2v) is 8.46. The Labute approximate surface area is 174 Å². The number of hydrogen-bond donors (Lipinski definition) is 0. The topological polar surface area (TPSA) is 52.6 Å². The van der Waals surface area contributed by atoms with Crippen molar-refractivity contribution in [3.8, 4) is 0 Å². The Morgan fingerprint density at radius 1 is 1.17 bits per heavy atom. The number of unbranched alkanes of at least 4 members (excludes halogenated alkanes) is 1. The molecule has 1 aliphatic carbocycles. The molecular formula is C25H32O4. The summed E-state index contributed by atoms with van der Waals surface area (Å²) >= 11 is 0. The monoisotopic (exact) mass is 396 g/mol. The van der Waals surface area contributed by atoms with E-state index in [1.807, 2.05) is 0 Å². The molecule has 2 fully saturated rings. The molecule has 1 heterocycles. The lowest BCUT2D eigenvalue weighted by Crippen LogP contribution is -2.10. The molecule has 1 aliphatic heterocycles. The van der Waals surface area contributed by atoms with E-state index >= 15 is 0 Å². The van der Waals surface area contributed by atoms with Gasteiger partial charge in [0.15, 0.2) is 0 Å². The Bertz CT molecular complexity index is 723. The van der Waals surface area contributed by atoms with Crippen molar-refractivity contribution in [2.75, 3.05) is 6.61 Å². The van der Waals surface area contributed by atoms with Gasteiger partial charge in [0.05, 0.1) is 6.61 Å². The van der Waals surface area contributed by atoms with Gasteiger partial charge in [0.25, 0.3) is 0 Å². The number of esters is 2. The van der Waals surface area contributed by atoms with Gasteiger partial charge in [-0.25, -0.2) is 9.59 Å². The third-order valence-electron chi connectivity index (χ3n) is 6.04. The molecular weight excluding hydrogens is 364 g/mol. The number of cyclic esters (lactones) is 1. The molecule has 1 unspecified atom stereocenters. The molecule has 3 rings (SSSR count). The third-order valence-corrected chi connectivity index (χ3v) is 6.04. The zero-order valence-electron chi connectivity index (χ0n) is 17.4. The van der Waals surface area contributed by atoms with Crippen LogP contribution in [0.25, 0.3) is 6.08 Å².